The summed E-state index contributed by atoms with van der Waals surface area (Å²) >= 11 is 0. The molecule has 2 nitrogen and oxygen atoms in total. The van der Waals surface area contributed by atoms with E-state index in [0.717, 1.165) is 43.9 Å². The van der Waals surface area contributed by atoms with Crippen molar-refractivity contribution in [2.45, 2.75) is 26.3 Å². The average Bonchev–Trinajstić information content (AvgIpc) is 2.91. The van der Waals surface area contributed by atoms with E-state index in [0.29, 0.717) is 0 Å². The fourth-order valence-electron chi connectivity index (χ4n) is 2.82. The summed E-state index contributed by atoms with van der Waals surface area (Å²) in [6.07, 6.45) is 2.13. The van der Waals surface area contributed by atoms with Gasteiger partial charge in [-0.05, 0) is 54.8 Å². The Hall–Kier alpha value is -1.87. The largest absolute Gasteiger partial charge is 0.341 e. The summed E-state index contributed by atoms with van der Waals surface area (Å²) in [4.78, 5) is 2.20. The van der Waals surface area contributed by atoms with Gasteiger partial charge in [0.1, 0.15) is 5.82 Å². The second kappa shape index (κ2) is 6.27. The standard InChI is InChI=1S/C18H21FN2/c1-2-10-20-13-14-3-7-17(8-4-14)21-11-9-15-5-6-16(19)12-18(15)21/h3-8,12,20H,2,9-11,13H2,1H3. The van der Waals surface area contributed by atoms with Gasteiger partial charge in [0.05, 0.1) is 0 Å². The van der Waals surface area contributed by atoms with Gasteiger partial charge in [0.15, 0.2) is 0 Å². The maximum atomic E-state index is 13.5. The van der Waals surface area contributed by atoms with E-state index in [9.17, 15) is 4.39 Å². The number of nitrogens with one attached hydrogen (secondary N) is 1. The molecule has 3 rings (SSSR count). The smallest absolute Gasteiger partial charge is 0.125 e. The second-order valence-corrected chi connectivity index (χ2v) is 5.52. The first-order valence-corrected chi connectivity index (χ1v) is 7.63. The molecule has 1 aliphatic rings. The van der Waals surface area contributed by atoms with Gasteiger partial charge in [-0.15, -0.1) is 0 Å². The molecule has 1 aliphatic heterocycles. The highest BCUT2D eigenvalue weighted by molar-refractivity contribution is 5.69. The summed E-state index contributed by atoms with van der Waals surface area (Å²) in [5.74, 6) is -0.166. The molecule has 0 atom stereocenters. The zero-order valence-electron chi connectivity index (χ0n) is 12.4. The third kappa shape index (κ3) is 3.08. The molecule has 0 aromatic heterocycles. The lowest BCUT2D eigenvalue weighted by atomic mass is 10.1. The summed E-state index contributed by atoms with van der Waals surface area (Å²) in [6, 6.07) is 13.6. The molecule has 0 aliphatic carbocycles. The molecule has 0 radical (unpaired) electrons. The number of fused-ring (bicyclic) bond motifs is 1. The van der Waals surface area contributed by atoms with Crippen LogP contribution in [0.1, 0.15) is 24.5 Å². The van der Waals surface area contributed by atoms with E-state index in [1.54, 1.807) is 12.1 Å². The van der Waals surface area contributed by atoms with Crippen molar-refractivity contribution < 1.29 is 4.39 Å². The highest BCUT2D eigenvalue weighted by Crippen LogP contribution is 2.34. The second-order valence-electron chi connectivity index (χ2n) is 5.52. The van der Waals surface area contributed by atoms with Crippen molar-refractivity contribution in [2.24, 2.45) is 0 Å². The van der Waals surface area contributed by atoms with Crippen LogP contribution in [0.25, 0.3) is 0 Å². The molecular weight excluding hydrogens is 263 g/mol. The normalized spacial score (nSPS) is 13.5. The van der Waals surface area contributed by atoms with E-state index in [1.807, 2.05) is 6.07 Å². The molecule has 0 saturated heterocycles. The molecule has 3 heteroatoms. The van der Waals surface area contributed by atoms with E-state index in [-0.39, 0.29) is 5.82 Å². The van der Waals surface area contributed by atoms with E-state index in [1.165, 1.54) is 11.1 Å². The lowest BCUT2D eigenvalue weighted by molar-refractivity contribution is 0.628. The molecule has 0 bridgehead atoms. The highest BCUT2D eigenvalue weighted by atomic mass is 19.1. The number of rotatable bonds is 5. The van der Waals surface area contributed by atoms with Gasteiger partial charge in [0.2, 0.25) is 0 Å². The monoisotopic (exact) mass is 284 g/mol. The average molecular weight is 284 g/mol. The van der Waals surface area contributed by atoms with Crippen LogP contribution in [-0.4, -0.2) is 13.1 Å². The minimum absolute atomic E-state index is 0.166. The lowest BCUT2D eigenvalue weighted by Crippen LogP contribution is -2.15. The van der Waals surface area contributed by atoms with Crippen molar-refractivity contribution in [3.63, 3.8) is 0 Å². The minimum atomic E-state index is -0.166. The molecule has 0 spiro atoms. The molecule has 2 aromatic carbocycles. The molecule has 0 saturated carbocycles. The number of anilines is 2. The predicted octanol–water partition coefficient (Wildman–Crippen LogP) is 4.02. The molecule has 0 amide bonds. The van der Waals surface area contributed by atoms with Crippen LogP contribution in [0.2, 0.25) is 0 Å². The van der Waals surface area contributed by atoms with Crippen molar-refractivity contribution in [1.29, 1.82) is 0 Å². The first-order valence-electron chi connectivity index (χ1n) is 7.63. The van der Waals surface area contributed by atoms with Gasteiger partial charge < -0.3 is 10.2 Å². The Bertz CT molecular complexity index is 607. The van der Waals surface area contributed by atoms with Crippen LogP contribution >= 0.6 is 0 Å². The zero-order chi connectivity index (χ0) is 14.7. The van der Waals surface area contributed by atoms with Crippen molar-refractivity contribution in [3.8, 4) is 0 Å². The summed E-state index contributed by atoms with van der Waals surface area (Å²) in [5, 5.41) is 3.40. The Labute approximate surface area is 125 Å². The van der Waals surface area contributed by atoms with Crippen LogP contribution in [0.15, 0.2) is 42.5 Å². The fourth-order valence-corrected chi connectivity index (χ4v) is 2.82. The first kappa shape index (κ1) is 14.1. The Morgan fingerprint density at radius 2 is 1.95 bits per heavy atom. The van der Waals surface area contributed by atoms with Gasteiger partial charge in [0, 0.05) is 24.5 Å². The summed E-state index contributed by atoms with van der Waals surface area (Å²) in [6.45, 7) is 5.03. The van der Waals surface area contributed by atoms with Crippen LogP contribution in [-0.2, 0) is 13.0 Å². The van der Waals surface area contributed by atoms with Gasteiger partial charge in [-0.25, -0.2) is 4.39 Å². The lowest BCUT2D eigenvalue weighted by Gasteiger charge is -2.20. The molecular formula is C18H21FN2. The summed E-state index contributed by atoms with van der Waals surface area (Å²) in [5.41, 5.74) is 4.65. The van der Waals surface area contributed by atoms with Crippen LogP contribution in [0.3, 0.4) is 0 Å². The number of nitrogens with zero attached hydrogens (tertiary/aromatic N) is 1. The van der Waals surface area contributed by atoms with Crippen molar-refractivity contribution in [2.75, 3.05) is 18.0 Å². The molecule has 1 heterocycles. The quantitative estimate of drug-likeness (QED) is 0.834. The molecule has 0 unspecified atom stereocenters. The van der Waals surface area contributed by atoms with Crippen LogP contribution in [0, 0.1) is 5.82 Å². The Morgan fingerprint density at radius 1 is 1.14 bits per heavy atom. The third-order valence-corrected chi connectivity index (χ3v) is 3.95. The molecule has 21 heavy (non-hydrogen) atoms. The minimum Gasteiger partial charge on any atom is -0.341 e. The van der Waals surface area contributed by atoms with Gasteiger partial charge in [-0.2, -0.15) is 0 Å². The van der Waals surface area contributed by atoms with Crippen LogP contribution in [0.4, 0.5) is 15.8 Å². The van der Waals surface area contributed by atoms with Crippen LogP contribution < -0.4 is 10.2 Å². The Morgan fingerprint density at radius 3 is 2.71 bits per heavy atom. The number of hydrogen-bond donors (Lipinski definition) is 1. The summed E-state index contributed by atoms with van der Waals surface area (Å²) in [7, 11) is 0. The first-order chi connectivity index (χ1) is 10.3. The number of halogens is 1. The van der Waals surface area contributed by atoms with Crippen molar-refractivity contribution >= 4 is 11.4 Å². The van der Waals surface area contributed by atoms with E-state index >= 15 is 0 Å². The molecule has 1 N–H and O–H groups in total. The van der Waals surface area contributed by atoms with Gasteiger partial charge in [-0.3, -0.25) is 0 Å². The van der Waals surface area contributed by atoms with Gasteiger partial charge >= 0.3 is 0 Å². The SMILES string of the molecule is CCCNCc1ccc(N2CCc3ccc(F)cc32)cc1. The van der Waals surface area contributed by atoms with Gasteiger partial charge in [-0.1, -0.05) is 25.1 Å². The summed E-state index contributed by atoms with van der Waals surface area (Å²) < 4.78 is 13.5. The number of hydrogen-bond acceptors (Lipinski definition) is 2. The Kier molecular flexibility index (Phi) is 4.20. The third-order valence-electron chi connectivity index (χ3n) is 3.95. The molecule has 0 fully saturated rings. The Balaban J connectivity index is 1.75. The van der Waals surface area contributed by atoms with E-state index in [2.05, 4.69) is 41.4 Å². The molecule has 110 valence electrons. The topological polar surface area (TPSA) is 15.3 Å². The van der Waals surface area contributed by atoms with Crippen molar-refractivity contribution in [1.82, 2.24) is 5.32 Å². The highest BCUT2D eigenvalue weighted by Gasteiger charge is 2.20. The van der Waals surface area contributed by atoms with Crippen molar-refractivity contribution in [3.05, 3.63) is 59.4 Å². The number of benzene rings is 2. The maximum absolute atomic E-state index is 13.5. The predicted molar refractivity (Wildman–Crippen MR) is 85.5 cm³/mol. The zero-order valence-corrected chi connectivity index (χ0v) is 12.4. The van der Waals surface area contributed by atoms with Crippen LogP contribution in [0.5, 0.6) is 0 Å². The van der Waals surface area contributed by atoms with E-state index < -0.39 is 0 Å². The van der Waals surface area contributed by atoms with E-state index in [4.69, 9.17) is 0 Å². The fraction of sp³-hybridized carbons (Fsp3) is 0.333. The maximum Gasteiger partial charge on any atom is 0.125 e. The molecule has 2 aromatic rings. The van der Waals surface area contributed by atoms with Gasteiger partial charge in [0.25, 0.3) is 0 Å².